The Labute approximate surface area is 136 Å². The number of ether oxygens (including phenoxy) is 2. The third-order valence-corrected chi connectivity index (χ3v) is 3.35. The van der Waals surface area contributed by atoms with Crippen LogP contribution in [0, 0.1) is 10.1 Å². The highest BCUT2D eigenvalue weighted by molar-refractivity contribution is 5.60. The monoisotopic (exact) mass is 332 g/mol. The van der Waals surface area contributed by atoms with E-state index in [4.69, 9.17) is 9.47 Å². The second-order valence-electron chi connectivity index (χ2n) is 4.71. The maximum absolute atomic E-state index is 12.6. The van der Waals surface area contributed by atoms with Gasteiger partial charge in [-0.1, -0.05) is 5.76 Å². The quantitative estimate of drug-likeness (QED) is 0.609. The third kappa shape index (κ3) is 3.17. The van der Waals surface area contributed by atoms with Crippen LogP contribution in [0.25, 0.3) is 11.7 Å². The van der Waals surface area contributed by atoms with Gasteiger partial charge >= 0.3 is 0 Å². The number of hydrogen-bond acceptors (Lipinski definition) is 7. The molecule has 8 nitrogen and oxygen atoms in total. The first-order chi connectivity index (χ1) is 11.4. The van der Waals surface area contributed by atoms with Crippen molar-refractivity contribution >= 4 is 17.4 Å². The Hall–Kier alpha value is -3.42. The Kier molecular flexibility index (Phi) is 4.78. The molecule has 0 aliphatic carbocycles. The lowest BCUT2D eigenvalue weighted by Gasteiger charge is -2.15. The molecule has 0 aliphatic rings. The number of nitro groups is 1. The van der Waals surface area contributed by atoms with Crippen LogP contribution in [0.1, 0.15) is 5.56 Å². The summed E-state index contributed by atoms with van der Waals surface area (Å²) in [5, 5.41) is 42.0. The van der Waals surface area contributed by atoms with Gasteiger partial charge in [0, 0.05) is 12.1 Å². The largest absolute Gasteiger partial charge is 0.872 e. The van der Waals surface area contributed by atoms with Crippen molar-refractivity contribution < 1.29 is 29.7 Å². The van der Waals surface area contributed by atoms with E-state index in [2.05, 4.69) is 0 Å². The molecule has 2 N–H and O–H groups in total. The first-order valence-electron chi connectivity index (χ1n) is 6.69. The summed E-state index contributed by atoms with van der Waals surface area (Å²) in [5.41, 5.74) is -0.00836. The Morgan fingerprint density at radius 2 is 1.50 bits per heavy atom. The number of aliphatic hydroxyl groups excluding tert-OH is 1. The van der Waals surface area contributed by atoms with Crippen molar-refractivity contribution in [2.24, 2.45) is 0 Å². The van der Waals surface area contributed by atoms with Crippen LogP contribution in [-0.4, -0.2) is 29.4 Å². The van der Waals surface area contributed by atoms with Crippen molar-refractivity contribution in [3.63, 3.8) is 0 Å². The summed E-state index contributed by atoms with van der Waals surface area (Å²) in [7, 11) is 2.74. The highest BCUT2D eigenvalue weighted by Crippen LogP contribution is 2.22. The van der Waals surface area contributed by atoms with Crippen LogP contribution in [0.2, 0.25) is 0 Å². The van der Waals surface area contributed by atoms with Gasteiger partial charge in [0.2, 0.25) is 0 Å². The number of benzene rings is 2. The second kappa shape index (κ2) is 6.78. The molecule has 0 radical (unpaired) electrons. The summed E-state index contributed by atoms with van der Waals surface area (Å²) in [5.74, 6) is -1.16. The van der Waals surface area contributed by atoms with Gasteiger partial charge in [-0.15, -0.1) is 0 Å². The fraction of sp³-hybridized carbons (Fsp3) is 0.125. The summed E-state index contributed by atoms with van der Waals surface area (Å²) in [6, 6.07) is 7.52. The minimum atomic E-state index is -1.05. The summed E-state index contributed by atoms with van der Waals surface area (Å²) in [6.45, 7) is 0. The van der Waals surface area contributed by atoms with Crippen LogP contribution >= 0.6 is 0 Å². The maximum Gasteiger partial charge on any atom is 0.282 e. The van der Waals surface area contributed by atoms with E-state index in [1.165, 1.54) is 50.6 Å². The Balaban J connectivity index is 2.78. The predicted molar refractivity (Wildman–Crippen MR) is 83.1 cm³/mol. The van der Waals surface area contributed by atoms with Crippen LogP contribution in [0.3, 0.4) is 0 Å². The predicted octanol–water partition coefficient (Wildman–Crippen LogP) is 0.311. The molecule has 0 heterocycles. The topological polar surface area (TPSA) is 125 Å². The van der Waals surface area contributed by atoms with Crippen LogP contribution in [0.5, 0.6) is 11.5 Å². The van der Waals surface area contributed by atoms with Gasteiger partial charge in [0.25, 0.3) is 11.6 Å². The zero-order chi connectivity index (χ0) is 17.9. The molecule has 2 aromatic rings. The van der Waals surface area contributed by atoms with E-state index in [1.54, 1.807) is 0 Å². The number of hydrogen-bond donors (Lipinski definition) is 2. The van der Waals surface area contributed by atoms with Crippen LogP contribution in [0.4, 0.5) is 5.69 Å². The zero-order valence-electron chi connectivity index (χ0n) is 12.8. The Morgan fingerprint density at radius 3 is 1.92 bits per heavy atom. The highest BCUT2D eigenvalue weighted by Gasteiger charge is 2.08. The maximum atomic E-state index is 12.6. The molecule has 0 saturated heterocycles. The lowest BCUT2D eigenvalue weighted by Crippen LogP contribution is -2.33. The molecule has 2 rings (SSSR count). The van der Waals surface area contributed by atoms with Crippen LogP contribution in [-0.2, 0) is 0 Å². The fourth-order valence-electron chi connectivity index (χ4n) is 2.14. The summed E-state index contributed by atoms with van der Waals surface area (Å²) >= 11 is 0. The van der Waals surface area contributed by atoms with Gasteiger partial charge in [0.15, 0.2) is 11.5 Å². The lowest BCUT2D eigenvalue weighted by atomic mass is 10.1. The van der Waals surface area contributed by atoms with Gasteiger partial charge < -0.3 is 24.8 Å². The number of rotatable bonds is 4. The summed E-state index contributed by atoms with van der Waals surface area (Å²) < 4.78 is 10.2. The highest BCUT2D eigenvalue weighted by atomic mass is 16.6. The molecule has 0 unspecified atom stereocenters. The van der Waals surface area contributed by atoms with E-state index in [1.807, 2.05) is 0 Å². The minimum Gasteiger partial charge on any atom is -0.872 e. The molecule has 0 saturated carbocycles. The number of methoxy groups -OCH3 is 2. The SMILES string of the molecule is COc1cc(=C(O)O)c(=C([O-])c2ccc([N+](=O)[O-])cc2)cc1OC. The van der Waals surface area contributed by atoms with Crippen molar-refractivity contribution in [1.82, 2.24) is 0 Å². The van der Waals surface area contributed by atoms with E-state index in [0.717, 1.165) is 0 Å². The zero-order valence-corrected chi connectivity index (χ0v) is 12.8. The average molecular weight is 332 g/mol. The molecule has 126 valence electrons. The van der Waals surface area contributed by atoms with Gasteiger partial charge in [-0.05, 0) is 35.0 Å². The molecule has 0 atom stereocenters. The number of nitrogens with zero attached hydrogens (tertiary/aromatic N) is 1. The molecule has 0 bridgehead atoms. The van der Waals surface area contributed by atoms with Crippen molar-refractivity contribution in [3.8, 4) is 11.5 Å². The van der Waals surface area contributed by atoms with Crippen molar-refractivity contribution in [3.05, 3.63) is 62.5 Å². The van der Waals surface area contributed by atoms with Gasteiger partial charge in [-0.25, -0.2) is 0 Å². The summed E-state index contributed by atoms with van der Waals surface area (Å²) in [6.07, 6.45) is 0. The molecular weight excluding hydrogens is 318 g/mol. The third-order valence-electron chi connectivity index (χ3n) is 3.35. The molecule has 0 amide bonds. The molecular formula is C16H14NO7-. The Morgan fingerprint density at radius 1 is 1.00 bits per heavy atom. The number of aliphatic hydroxyl groups is 2. The molecule has 24 heavy (non-hydrogen) atoms. The molecule has 0 aliphatic heterocycles. The van der Waals surface area contributed by atoms with Gasteiger partial charge in [-0.2, -0.15) is 0 Å². The average Bonchev–Trinajstić information content (AvgIpc) is 2.59. The summed E-state index contributed by atoms with van der Waals surface area (Å²) in [4.78, 5) is 10.1. The minimum absolute atomic E-state index is 0.0403. The van der Waals surface area contributed by atoms with E-state index in [9.17, 15) is 25.4 Å². The number of nitro benzene ring substituents is 1. The number of non-ortho nitro benzene ring substituents is 1. The van der Waals surface area contributed by atoms with Gasteiger partial charge in [0.05, 0.1) is 24.4 Å². The van der Waals surface area contributed by atoms with E-state index in [-0.39, 0.29) is 33.2 Å². The Bertz CT molecular complexity index is 884. The first kappa shape index (κ1) is 16.9. The molecule has 8 heteroatoms. The molecule has 0 fully saturated rings. The van der Waals surface area contributed by atoms with E-state index in [0.29, 0.717) is 0 Å². The lowest BCUT2D eigenvalue weighted by molar-refractivity contribution is -0.384. The fourth-order valence-corrected chi connectivity index (χ4v) is 2.14. The van der Waals surface area contributed by atoms with Crippen LogP contribution in [0.15, 0.2) is 36.4 Å². The van der Waals surface area contributed by atoms with E-state index >= 15 is 0 Å². The second-order valence-corrected chi connectivity index (χ2v) is 4.71. The molecule has 0 spiro atoms. The van der Waals surface area contributed by atoms with Crippen LogP contribution < -0.4 is 25.0 Å². The van der Waals surface area contributed by atoms with Gasteiger partial charge in [-0.3, -0.25) is 10.1 Å². The van der Waals surface area contributed by atoms with Crippen molar-refractivity contribution in [1.29, 1.82) is 0 Å². The van der Waals surface area contributed by atoms with Crippen molar-refractivity contribution in [2.45, 2.75) is 0 Å². The smallest absolute Gasteiger partial charge is 0.282 e. The van der Waals surface area contributed by atoms with Crippen molar-refractivity contribution in [2.75, 3.05) is 14.2 Å². The molecule has 2 aromatic carbocycles. The van der Waals surface area contributed by atoms with Gasteiger partial charge in [0.1, 0.15) is 0 Å². The standard InChI is InChI=1S/C16H15NO7/c1-23-13-7-11(12(16(19)20)8-14(13)24-2)15(18)9-3-5-10(6-4-9)17(21)22/h3-8,18-20H,1-2H3/p-1. The first-order valence-corrected chi connectivity index (χ1v) is 6.69. The molecule has 0 aromatic heterocycles. The van der Waals surface area contributed by atoms with E-state index < -0.39 is 16.6 Å². The normalized spacial score (nSPS) is 11.6.